The van der Waals surface area contributed by atoms with Gasteiger partial charge in [0.05, 0.1) is 37.0 Å². The monoisotopic (exact) mass is 1770 g/mol. The molecule has 0 amide bonds. The smallest absolute Gasteiger partial charge is 0.322 e. The summed E-state index contributed by atoms with van der Waals surface area (Å²) in [5.74, 6) is 4.62. The quantitative estimate of drug-likeness (QED) is 0.0167. The number of phenols is 4. The molecular weight excluding hydrogens is 1640 g/mol. The van der Waals surface area contributed by atoms with E-state index in [1.54, 1.807) is 60.8 Å². The molecule has 24 heteroatoms. The van der Waals surface area contributed by atoms with Gasteiger partial charge in [0.25, 0.3) is 0 Å². The molecule has 23 nitrogen and oxygen atoms in total. The van der Waals surface area contributed by atoms with E-state index in [2.05, 4.69) is 168 Å². The number of methoxy groups -OCH3 is 2. The van der Waals surface area contributed by atoms with Gasteiger partial charge in [0, 0.05) is 176 Å². The Kier molecular flexibility index (Phi) is 38.7. The van der Waals surface area contributed by atoms with Crippen LogP contribution in [0.25, 0.3) is 45.0 Å². The van der Waals surface area contributed by atoms with Crippen LogP contribution in [0.4, 0.5) is 4.39 Å². The second-order valence-electron chi connectivity index (χ2n) is 34.6. The summed E-state index contributed by atoms with van der Waals surface area (Å²) in [5.41, 5.74) is 16.8. The lowest BCUT2D eigenvalue weighted by Crippen LogP contribution is -2.53. The number of phenolic OH excluding ortho intramolecular Hbond substituents is 4. The predicted octanol–water partition coefficient (Wildman–Crippen LogP) is 16.4. The van der Waals surface area contributed by atoms with Crippen LogP contribution in [0.5, 0.6) is 28.7 Å². The van der Waals surface area contributed by atoms with Crippen molar-refractivity contribution < 1.29 is 44.2 Å². The third-order valence-corrected chi connectivity index (χ3v) is 24.5. The largest absolute Gasteiger partial charge is 0.508 e. The molecule has 0 spiro atoms. The number of piperazine rings is 2. The van der Waals surface area contributed by atoms with Crippen molar-refractivity contribution in [1.82, 2.24) is 75.4 Å². The highest BCUT2D eigenvalue weighted by Crippen LogP contribution is 2.31. The number of hydrogen-bond acceptors (Lipinski definition) is 23. The summed E-state index contributed by atoms with van der Waals surface area (Å²) >= 11 is 0. The maximum Gasteiger partial charge on any atom is 0.322 e. The third-order valence-electron chi connectivity index (χ3n) is 24.5. The second kappa shape index (κ2) is 51.7. The van der Waals surface area contributed by atoms with E-state index in [0.717, 1.165) is 249 Å². The standard InChI is InChI=1S/C28H37N5O.C28H34N4O3.C27H33FN4O2.C24H28N2O2/c1-2-32(18-19-33-16-14-29-15-17-33)22-24-8-3-9-25(20-24)27-12-13-30-28(31-27)11-5-7-23-6-4-10-26(34)21-23;1-3-32(23-17-26(30-18-23)28(34)35-2)19-21-7-4-8-22(16-21)25-14-15-29-27(31-25)9-5-6-20-10-12-24(33)13-11-20;1-18-16-32(19(2)15-30-18)17-21-7-9-23(28)22(13-21)24-11-12-29-27(31-24)6-4-5-20-8-10-26(34-3)25(33)14-20;1-18(17-27)8-9-20-5-2-6-21(16-20)23-14-15-25-24(26-23)7-3-4-19-10-12-22(28)13-11-19/h3-4,6,8-10,12-13,20-21,29,34H,2,5,7,11,14-19,22H2,1H3;4,7-8,10-16,23,26,30,33H,3,5-6,9,17-19H2,1-2H3;7-14,18-19,30,33H,4-6,15-17H2,1-3H3;2,5-6,10-16,18,27-28H,3-4,7-9,17H2,1H3/t;23-,26-;18-,19-;18-/m.001/s1. The molecule has 0 radical (unpaired) electrons. The number of carbonyl (C=O) groups is 1. The summed E-state index contributed by atoms with van der Waals surface area (Å²) in [7, 11) is 2.97. The van der Waals surface area contributed by atoms with Gasteiger partial charge < -0.3 is 51.0 Å². The van der Waals surface area contributed by atoms with Crippen LogP contribution in [0, 0.1) is 11.7 Å². The first-order valence-corrected chi connectivity index (χ1v) is 46.6. The van der Waals surface area contributed by atoms with Crippen LogP contribution < -0.4 is 20.7 Å². The van der Waals surface area contributed by atoms with E-state index in [9.17, 15) is 34.7 Å². The van der Waals surface area contributed by atoms with Gasteiger partial charge in [-0.2, -0.15) is 0 Å². The molecule has 7 heterocycles. The normalized spacial score (nSPS) is 15.9. The predicted molar refractivity (Wildman–Crippen MR) is 517 cm³/mol. The van der Waals surface area contributed by atoms with E-state index < -0.39 is 0 Å². The summed E-state index contributed by atoms with van der Waals surface area (Å²) in [6.45, 7) is 25.1. The summed E-state index contributed by atoms with van der Waals surface area (Å²) in [4.78, 5) is 58.6. The van der Waals surface area contributed by atoms with Crippen molar-refractivity contribution in [3.05, 3.63) is 305 Å². The number of likely N-dealkylation sites (N-methyl/N-ethyl adjacent to an activating group) is 2. The molecule has 5 atom stereocenters. The Morgan fingerprint density at radius 3 is 1.52 bits per heavy atom. The minimum absolute atomic E-state index is 0.137. The SMILES string of the molecule is CCN(CCN1CCNCC1)Cc1cccc(-c2ccnc(CCCc3cccc(O)c3)n2)c1.CCN(Cc1cccc(-c2ccnc(CCCc3ccc(O)cc3)n2)c1)[C@@H]1CN[C@H](C(=O)OC)C1.COc1ccc(CCCc2nccc(-c3cc(CN4C[C@H](C)NC[C@@H]4C)ccc3F)n2)cc1O.C[C@@H](CO)CCc1cccc(-c2ccnc(CCCc3ccc(O)cc3)n2)c1. The number of aliphatic hydroxyl groups excluding tert-OH is 1. The van der Waals surface area contributed by atoms with Gasteiger partial charge in [0.2, 0.25) is 0 Å². The fourth-order valence-corrected chi connectivity index (χ4v) is 16.8. The molecule has 0 unspecified atom stereocenters. The number of aliphatic hydroxyl groups is 1. The Hall–Kier alpha value is -11.8. The van der Waals surface area contributed by atoms with Crippen LogP contribution in [0.1, 0.15) is 141 Å². The number of rotatable bonds is 38. The fourth-order valence-electron chi connectivity index (χ4n) is 16.8. The zero-order valence-corrected chi connectivity index (χ0v) is 77.2. The van der Waals surface area contributed by atoms with E-state index in [1.165, 1.54) is 42.0 Å². The molecule has 690 valence electrons. The molecule has 0 aliphatic carbocycles. The highest BCUT2D eigenvalue weighted by molar-refractivity contribution is 5.76. The number of ether oxygens (including phenoxy) is 2. The van der Waals surface area contributed by atoms with Crippen molar-refractivity contribution in [1.29, 1.82) is 0 Å². The maximum absolute atomic E-state index is 14.8. The molecule has 0 saturated carbocycles. The highest BCUT2D eigenvalue weighted by Gasteiger charge is 2.33. The van der Waals surface area contributed by atoms with E-state index in [1.807, 2.05) is 97.5 Å². The molecule has 3 aliphatic rings. The number of aryl methyl sites for hydroxylation is 9. The Bertz CT molecular complexity index is 5500. The lowest BCUT2D eigenvalue weighted by atomic mass is 9.99. The molecule has 3 saturated heterocycles. The van der Waals surface area contributed by atoms with Crippen LogP contribution in [0.2, 0.25) is 0 Å². The van der Waals surface area contributed by atoms with E-state index in [4.69, 9.17) is 24.4 Å². The number of aromatic hydroxyl groups is 4. The number of halogens is 1. The lowest BCUT2D eigenvalue weighted by Gasteiger charge is -2.37. The van der Waals surface area contributed by atoms with Crippen LogP contribution in [-0.2, 0) is 87.0 Å². The number of hydrogen-bond donors (Lipinski definition) is 8. The molecule has 3 aliphatic heterocycles. The van der Waals surface area contributed by atoms with Crippen molar-refractivity contribution in [2.24, 2.45) is 5.92 Å². The average molecular weight is 1780 g/mol. The molecule has 0 bridgehead atoms. The maximum atomic E-state index is 14.8. The number of esters is 1. The van der Waals surface area contributed by atoms with Gasteiger partial charge in [-0.15, -0.1) is 0 Å². The summed E-state index contributed by atoms with van der Waals surface area (Å²) < 4.78 is 24.8. The number of nitrogens with one attached hydrogen (secondary N) is 3. The molecular formula is C107H132FN15O8. The topological polar surface area (TPSA) is 289 Å². The molecule has 131 heavy (non-hydrogen) atoms. The average Bonchev–Trinajstić information content (AvgIpc) is 1.05. The van der Waals surface area contributed by atoms with Crippen LogP contribution in [0.15, 0.2) is 231 Å². The minimum atomic E-state index is -0.274. The van der Waals surface area contributed by atoms with Gasteiger partial charge in [0.1, 0.15) is 52.4 Å². The highest BCUT2D eigenvalue weighted by atomic mass is 19.1. The number of benzene rings is 8. The van der Waals surface area contributed by atoms with Gasteiger partial charge in [-0.05, 0) is 251 Å². The van der Waals surface area contributed by atoms with E-state index in [0.29, 0.717) is 70.5 Å². The van der Waals surface area contributed by atoms with Gasteiger partial charge in [-0.3, -0.25) is 24.4 Å². The number of aromatic nitrogens is 8. The molecule has 8 aromatic carbocycles. The Morgan fingerprint density at radius 2 is 1.00 bits per heavy atom. The van der Waals surface area contributed by atoms with Crippen molar-refractivity contribution in [2.45, 2.75) is 175 Å². The number of nitrogens with zero attached hydrogens (tertiary/aromatic N) is 12. The van der Waals surface area contributed by atoms with E-state index in [-0.39, 0.29) is 30.2 Å². The first-order chi connectivity index (χ1) is 63.8. The first kappa shape index (κ1) is 98.2. The van der Waals surface area contributed by atoms with Crippen LogP contribution >= 0.6 is 0 Å². The zero-order valence-electron chi connectivity index (χ0n) is 77.2. The van der Waals surface area contributed by atoms with Gasteiger partial charge in [-0.1, -0.05) is 124 Å². The van der Waals surface area contributed by atoms with Crippen molar-refractivity contribution in [3.8, 4) is 73.8 Å². The molecule has 3 fully saturated rings. The fraction of sp³-hybridized carbons (Fsp3) is 0.393. The van der Waals surface area contributed by atoms with Crippen LogP contribution in [0.3, 0.4) is 0 Å². The van der Waals surface area contributed by atoms with Crippen LogP contribution in [-0.4, -0.2) is 208 Å². The van der Waals surface area contributed by atoms with E-state index >= 15 is 0 Å². The van der Waals surface area contributed by atoms with Crippen molar-refractivity contribution in [2.75, 3.05) is 92.8 Å². The van der Waals surface area contributed by atoms with Crippen molar-refractivity contribution in [3.63, 3.8) is 0 Å². The van der Waals surface area contributed by atoms with Gasteiger partial charge >= 0.3 is 5.97 Å². The zero-order chi connectivity index (χ0) is 92.1. The number of carbonyl (C=O) groups excluding carboxylic acids is 1. The lowest BCUT2D eigenvalue weighted by molar-refractivity contribution is -0.142. The Balaban J connectivity index is 0.000000158. The molecule has 12 aromatic rings. The summed E-state index contributed by atoms with van der Waals surface area (Å²) in [6, 6.07) is 67.3. The Morgan fingerprint density at radius 1 is 0.511 bits per heavy atom. The van der Waals surface area contributed by atoms with Crippen molar-refractivity contribution >= 4 is 5.97 Å². The first-order valence-electron chi connectivity index (χ1n) is 46.6. The summed E-state index contributed by atoms with van der Waals surface area (Å²) in [6.07, 6.45) is 20.2. The van der Waals surface area contributed by atoms with Gasteiger partial charge in [0.15, 0.2) is 11.5 Å². The molecule has 15 rings (SSSR count). The van der Waals surface area contributed by atoms with Gasteiger partial charge in [-0.25, -0.2) is 44.3 Å². The third kappa shape index (κ3) is 31.7. The second-order valence-corrected chi connectivity index (χ2v) is 34.6. The summed E-state index contributed by atoms with van der Waals surface area (Å²) in [5, 5.41) is 57.8. The minimum Gasteiger partial charge on any atom is -0.508 e. The molecule has 8 N–H and O–H groups in total. The molecule has 4 aromatic heterocycles. The Labute approximate surface area is 773 Å².